The number of hydrogen-bond acceptors (Lipinski definition) is 4. The van der Waals surface area contributed by atoms with Crippen LogP contribution in [-0.4, -0.2) is 36.5 Å². The average molecular weight is 405 g/mol. The first-order chi connectivity index (χ1) is 13.2. The number of hydrogen-bond donors (Lipinski definition) is 0. The van der Waals surface area contributed by atoms with Crippen molar-refractivity contribution in [2.75, 3.05) is 27.4 Å². The molecule has 4 nitrogen and oxygen atoms in total. The van der Waals surface area contributed by atoms with Crippen molar-refractivity contribution in [3.05, 3.63) is 0 Å². The van der Waals surface area contributed by atoms with Gasteiger partial charge in [0.05, 0.1) is 0 Å². The third kappa shape index (κ3) is 16.7. The van der Waals surface area contributed by atoms with E-state index in [9.17, 15) is 0 Å². The van der Waals surface area contributed by atoms with E-state index in [2.05, 4.69) is 13.8 Å². The first-order valence-electron chi connectivity index (χ1n) is 11.6. The van der Waals surface area contributed by atoms with E-state index < -0.39 is 9.05 Å². The molecule has 164 valence electrons. The van der Waals surface area contributed by atoms with Crippen LogP contribution in [0.25, 0.3) is 0 Å². The van der Waals surface area contributed by atoms with E-state index in [4.69, 9.17) is 17.7 Å². The summed E-state index contributed by atoms with van der Waals surface area (Å²) in [4.78, 5) is 0. The molecule has 0 spiro atoms. The zero-order chi connectivity index (χ0) is 20.1. The quantitative estimate of drug-likeness (QED) is 0.143. The molecule has 0 fully saturated rings. The minimum Gasteiger partial charge on any atom is -0.355 e. The Balaban J connectivity index is 3.67. The zero-order valence-electron chi connectivity index (χ0n) is 18.9. The first-order valence-corrected chi connectivity index (χ1v) is 13.3. The molecule has 0 N–H and O–H groups in total. The summed E-state index contributed by atoms with van der Waals surface area (Å²) >= 11 is 0. The van der Waals surface area contributed by atoms with Crippen molar-refractivity contribution < 1.29 is 17.7 Å². The topological polar surface area (TPSA) is 36.9 Å². The van der Waals surface area contributed by atoms with E-state index in [1.54, 1.807) is 14.2 Å². The minimum atomic E-state index is -2.92. The second kappa shape index (κ2) is 20.8. The fraction of sp³-hybridized carbons (Fsp3) is 1.00. The van der Waals surface area contributed by atoms with Crippen LogP contribution in [0.3, 0.4) is 0 Å². The van der Waals surface area contributed by atoms with Crippen LogP contribution in [0.1, 0.15) is 117 Å². The molecule has 5 heteroatoms. The van der Waals surface area contributed by atoms with Crippen LogP contribution < -0.4 is 0 Å². The molecule has 0 unspecified atom stereocenters. The summed E-state index contributed by atoms with van der Waals surface area (Å²) < 4.78 is 22.8. The van der Waals surface area contributed by atoms with Crippen LogP contribution in [-0.2, 0) is 17.7 Å². The fourth-order valence-corrected chi connectivity index (χ4v) is 4.74. The molecule has 0 heterocycles. The van der Waals surface area contributed by atoms with Gasteiger partial charge in [0.1, 0.15) is 0 Å². The van der Waals surface area contributed by atoms with Gasteiger partial charge in [-0.2, -0.15) is 0 Å². The largest absolute Gasteiger partial charge is 0.679 e. The Morgan fingerprint density at radius 3 is 1.04 bits per heavy atom. The molecule has 0 radical (unpaired) electrons. The van der Waals surface area contributed by atoms with Crippen molar-refractivity contribution in [1.82, 2.24) is 0 Å². The monoisotopic (exact) mass is 404 g/mol. The maximum atomic E-state index is 5.92. The van der Waals surface area contributed by atoms with E-state index in [0.29, 0.717) is 13.2 Å². The molecule has 0 aromatic rings. The molecular formula is C22H48O4Si. The van der Waals surface area contributed by atoms with Crippen molar-refractivity contribution in [3.8, 4) is 0 Å². The van der Waals surface area contributed by atoms with Crippen LogP contribution in [0.2, 0.25) is 0 Å². The normalized spacial score (nSPS) is 12.0. The van der Waals surface area contributed by atoms with Crippen LogP contribution in [0.5, 0.6) is 0 Å². The Morgan fingerprint density at radius 2 is 0.741 bits per heavy atom. The molecule has 0 rings (SSSR count). The van der Waals surface area contributed by atoms with Crippen LogP contribution in [0.4, 0.5) is 0 Å². The summed E-state index contributed by atoms with van der Waals surface area (Å²) in [6, 6.07) is 0. The van der Waals surface area contributed by atoms with E-state index in [1.807, 2.05) is 0 Å². The van der Waals surface area contributed by atoms with Gasteiger partial charge in [-0.25, -0.2) is 0 Å². The third-order valence-corrected chi connectivity index (χ3v) is 7.17. The predicted molar refractivity (Wildman–Crippen MR) is 117 cm³/mol. The summed E-state index contributed by atoms with van der Waals surface area (Å²) in [5.41, 5.74) is 0. The number of unbranched alkanes of at least 4 members (excludes halogenated alkanes) is 14. The lowest BCUT2D eigenvalue weighted by atomic mass is 10.1. The highest BCUT2D eigenvalue weighted by molar-refractivity contribution is 6.53. The highest BCUT2D eigenvalue weighted by Gasteiger charge is 2.43. The van der Waals surface area contributed by atoms with Crippen LogP contribution >= 0.6 is 0 Å². The van der Waals surface area contributed by atoms with E-state index in [0.717, 1.165) is 12.8 Å². The molecule has 0 aliphatic carbocycles. The molecule has 0 aliphatic rings. The number of rotatable bonds is 22. The Kier molecular flexibility index (Phi) is 20.8. The van der Waals surface area contributed by atoms with Gasteiger partial charge in [0.15, 0.2) is 0 Å². The van der Waals surface area contributed by atoms with Crippen molar-refractivity contribution in [3.63, 3.8) is 0 Å². The van der Waals surface area contributed by atoms with Gasteiger partial charge in [-0.1, -0.05) is 104 Å². The van der Waals surface area contributed by atoms with Gasteiger partial charge in [-0.05, 0) is 12.8 Å². The molecule has 0 bridgehead atoms. The lowest BCUT2D eigenvalue weighted by Gasteiger charge is -2.25. The second-order valence-corrected chi connectivity index (χ2v) is 9.95. The lowest BCUT2D eigenvalue weighted by Crippen LogP contribution is -2.47. The van der Waals surface area contributed by atoms with Gasteiger partial charge in [0.2, 0.25) is 0 Å². The Bertz CT molecular complexity index is 261. The SMILES string of the molecule is CCCCCCCCCCO[Si](OC)(OC)OCCCCCCCCCC. The molecule has 0 aromatic heterocycles. The van der Waals surface area contributed by atoms with Gasteiger partial charge in [-0.3, -0.25) is 0 Å². The van der Waals surface area contributed by atoms with Gasteiger partial charge in [0, 0.05) is 27.4 Å². The maximum Gasteiger partial charge on any atom is 0.679 e. The zero-order valence-corrected chi connectivity index (χ0v) is 19.9. The van der Waals surface area contributed by atoms with E-state index in [-0.39, 0.29) is 0 Å². The Hall–Kier alpha value is 0.0569. The molecule has 0 aromatic carbocycles. The average Bonchev–Trinajstić information content (AvgIpc) is 2.70. The molecule has 0 atom stereocenters. The second-order valence-electron chi connectivity index (χ2n) is 7.55. The van der Waals surface area contributed by atoms with Gasteiger partial charge >= 0.3 is 9.05 Å². The van der Waals surface area contributed by atoms with E-state index >= 15 is 0 Å². The summed E-state index contributed by atoms with van der Waals surface area (Å²) in [5.74, 6) is 0. The molecule has 0 aliphatic heterocycles. The minimum absolute atomic E-state index is 0.667. The van der Waals surface area contributed by atoms with Gasteiger partial charge in [-0.15, -0.1) is 0 Å². The standard InChI is InChI=1S/C22H48O4Si/c1-5-7-9-11-13-15-17-19-21-25-27(23-3,24-4)26-22-20-18-16-14-12-10-8-6-2/h5-22H2,1-4H3. The van der Waals surface area contributed by atoms with Crippen LogP contribution in [0.15, 0.2) is 0 Å². The lowest BCUT2D eigenvalue weighted by molar-refractivity contribution is -0.0105. The molecule has 0 saturated heterocycles. The first kappa shape index (κ1) is 27.1. The summed E-state index contributed by atoms with van der Waals surface area (Å²) in [6.45, 7) is 5.85. The Morgan fingerprint density at radius 1 is 0.444 bits per heavy atom. The Labute approximate surface area is 171 Å². The van der Waals surface area contributed by atoms with Crippen molar-refractivity contribution in [2.45, 2.75) is 117 Å². The van der Waals surface area contributed by atoms with Gasteiger partial charge < -0.3 is 17.7 Å². The molecule has 27 heavy (non-hydrogen) atoms. The maximum absolute atomic E-state index is 5.92. The van der Waals surface area contributed by atoms with Crippen molar-refractivity contribution in [1.29, 1.82) is 0 Å². The third-order valence-electron chi connectivity index (χ3n) is 5.05. The summed E-state index contributed by atoms with van der Waals surface area (Å²) in [5, 5.41) is 0. The molecular weight excluding hydrogens is 356 g/mol. The fourth-order valence-electron chi connectivity index (χ4n) is 3.23. The molecule has 0 saturated carbocycles. The van der Waals surface area contributed by atoms with Gasteiger partial charge in [0.25, 0.3) is 0 Å². The highest BCUT2D eigenvalue weighted by Crippen LogP contribution is 2.14. The van der Waals surface area contributed by atoms with E-state index in [1.165, 1.54) is 89.9 Å². The smallest absolute Gasteiger partial charge is 0.355 e. The highest BCUT2D eigenvalue weighted by atomic mass is 28.4. The van der Waals surface area contributed by atoms with Crippen molar-refractivity contribution >= 4 is 9.05 Å². The summed E-state index contributed by atoms with van der Waals surface area (Å²) in [6.07, 6.45) is 20.6. The molecule has 0 amide bonds. The summed E-state index contributed by atoms with van der Waals surface area (Å²) in [7, 11) is 0.357. The van der Waals surface area contributed by atoms with Crippen molar-refractivity contribution in [2.24, 2.45) is 0 Å². The van der Waals surface area contributed by atoms with Crippen LogP contribution in [0, 0.1) is 0 Å². The predicted octanol–water partition coefficient (Wildman–Crippen LogP) is 7.03.